The number of anilines is 1. The molecule has 0 spiro atoms. The molecule has 2 aromatic rings. The van der Waals surface area contributed by atoms with Crippen LogP contribution in [0.2, 0.25) is 0 Å². The van der Waals surface area contributed by atoms with Gasteiger partial charge in [0.15, 0.2) is 18.1 Å². The van der Waals surface area contributed by atoms with Crippen molar-refractivity contribution in [1.82, 2.24) is 4.90 Å². The van der Waals surface area contributed by atoms with Gasteiger partial charge < -0.3 is 19.5 Å². The smallest absolute Gasteiger partial charge is 0.456 e. The van der Waals surface area contributed by atoms with Gasteiger partial charge in [0.05, 0.1) is 11.3 Å². The van der Waals surface area contributed by atoms with Crippen LogP contribution in [0.4, 0.5) is 19.3 Å². The summed E-state index contributed by atoms with van der Waals surface area (Å²) in [6.45, 7) is -0.840. The Bertz CT molecular complexity index is 1150. The molecule has 3 amide bonds. The Morgan fingerprint density at radius 3 is 2.73 bits per heavy atom. The minimum atomic E-state index is -3.78. The lowest BCUT2D eigenvalue weighted by Crippen LogP contribution is -2.31. The molecule has 1 aromatic heterocycles. The van der Waals surface area contributed by atoms with E-state index >= 15 is 0 Å². The van der Waals surface area contributed by atoms with Crippen LogP contribution in [-0.4, -0.2) is 47.4 Å². The molecule has 0 bridgehead atoms. The molecule has 0 aliphatic carbocycles. The maximum atomic E-state index is 13.0. The predicted molar refractivity (Wildman–Crippen MR) is 114 cm³/mol. The molecule has 0 saturated carbocycles. The van der Waals surface area contributed by atoms with E-state index in [9.17, 15) is 28.0 Å². The number of carbonyl (C=O) groups excluding carboxylic acids is 4. The molecule has 1 fully saturated rings. The summed E-state index contributed by atoms with van der Waals surface area (Å²) in [7, 11) is 0. The van der Waals surface area contributed by atoms with Gasteiger partial charge in [0.2, 0.25) is 0 Å². The van der Waals surface area contributed by atoms with E-state index < -0.39 is 35.9 Å². The molecular weight excluding hydrogens is 482 g/mol. The Hall–Kier alpha value is -3.45. The van der Waals surface area contributed by atoms with E-state index in [0.717, 1.165) is 27.6 Å². The molecule has 4 rings (SSSR count). The fourth-order valence-electron chi connectivity index (χ4n) is 2.84. The second-order valence-electron chi connectivity index (χ2n) is 6.64. The maximum Gasteiger partial charge on any atom is 0.586 e. The molecule has 33 heavy (non-hydrogen) atoms. The largest absolute Gasteiger partial charge is 0.586 e. The summed E-state index contributed by atoms with van der Waals surface area (Å²) in [6, 6.07) is 7.27. The average Bonchev–Trinajstić information content (AvgIpc) is 3.43. The molecule has 1 aromatic carbocycles. The van der Waals surface area contributed by atoms with Crippen LogP contribution in [0.25, 0.3) is 6.08 Å². The summed E-state index contributed by atoms with van der Waals surface area (Å²) in [4.78, 5) is 50.4. The summed E-state index contributed by atoms with van der Waals surface area (Å²) < 4.78 is 39.5. The minimum absolute atomic E-state index is 0.131. The molecule has 1 saturated heterocycles. The number of hydrogen-bond donors (Lipinski definition) is 1. The van der Waals surface area contributed by atoms with Crippen molar-refractivity contribution in [3.8, 4) is 11.5 Å². The molecule has 0 radical (unpaired) electrons. The standard InChI is InChI=1S/C20H14F2N2O7S2/c21-20(22)30-13-4-3-11(8-14(13)31-20)23-16(25)10-29-17(26)5-6-24-18(27)15(33-19(24)28)9-12-2-1-7-32-12/h1-4,7-9H,5-6,10H2,(H,23,25)/b15-9-. The number of nitrogens with one attached hydrogen (secondary N) is 1. The lowest BCUT2D eigenvalue weighted by atomic mass is 10.3. The lowest BCUT2D eigenvalue weighted by molar-refractivity contribution is -0.286. The molecule has 9 nitrogen and oxygen atoms in total. The summed E-state index contributed by atoms with van der Waals surface area (Å²) in [5, 5.41) is 3.71. The van der Waals surface area contributed by atoms with E-state index in [1.807, 2.05) is 11.4 Å². The molecule has 1 N–H and O–H groups in total. The Morgan fingerprint density at radius 1 is 1.18 bits per heavy atom. The van der Waals surface area contributed by atoms with Gasteiger partial charge in [0.1, 0.15) is 0 Å². The van der Waals surface area contributed by atoms with Crippen LogP contribution in [0.15, 0.2) is 40.6 Å². The Balaban J connectivity index is 1.23. The highest BCUT2D eigenvalue weighted by atomic mass is 32.2. The zero-order chi connectivity index (χ0) is 23.6. The van der Waals surface area contributed by atoms with Gasteiger partial charge in [0.25, 0.3) is 17.1 Å². The number of amides is 3. The molecule has 2 aliphatic heterocycles. The summed E-state index contributed by atoms with van der Waals surface area (Å²) >= 11 is 2.20. The van der Waals surface area contributed by atoms with Crippen LogP contribution < -0.4 is 14.8 Å². The second kappa shape index (κ2) is 9.19. The van der Waals surface area contributed by atoms with Crippen LogP contribution >= 0.6 is 23.1 Å². The van der Waals surface area contributed by atoms with E-state index in [0.29, 0.717) is 0 Å². The van der Waals surface area contributed by atoms with E-state index in [1.54, 1.807) is 12.1 Å². The van der Waals surface area contributed by atoms with Gasteiger partial charge in [0, 0.05) is 23.2 Å². The van der Waals surface area contributed by atoms with E-state index in [-0.39, 0.29) is 35.1 Å². The Kier molecular flexibility index (Phi) is 6.33. The molecule has 0 unspecified atom stereocenters. The van der Waals surface area contributed by atoms with Gasteiger partial charge in [-0.1, -0.05) is 6.07 Å². The maximum absolute atomic E-state index is 13.0. The third kappa shape index (κ3) is 5.49. The minimum Gasteiger partial charge on any atom is -0.456 e. The number of ether oxygens (including phenoxy) is 3. The van der Waals surface area contributed by atoms with Gasteiger partial charge >= 0.3 is 12.3 Å². The monoisotopic (exact) mass is 496 g/mol. The average molecular weight is 496 g/mol. The summed E-state index contributed by atoms with van der Waals surface area (Å²) in [5.41, 5.74) is 0.131. The first-order valence-electron chi connectivity index (χ1n) is 9.34. The quantitative estimate of drug-likeness (QED) is 0.457. The van der Waals surface area contributed by atoms with Gasteiger partial charge in [-0.2, -0.15) is 0 Å². The van der Waals surface area contributed by atoms with E-state index in [4.69, 9.17) is 4.74 Å². The number of imide groups is 1. The van der Waals surface area contributed by atoms with Crippen molar-refractivity contribution in [1.29, 1.82) is 0 Å². The number of benzene rings is 1. The third-order valence-electron chi connectivity index (χ3n) is 4.28. The Labute approximate surface area is 193 Å². The molecule has 13 heteroatoms. The topological polar surface area (TPSA) is 111 Å². The highest BCUT2D eigenvalue weighted by molar-refractivity contribution is 8.18. The first kappa shape index (κ1) is 22.7. The fourth-order valence-corrected chi connectivity index (χ4v) is 4.43. The molecule has 3 heterocycles. The number of thiophene rings is 1. The number of halogens is 2. The third-order valence-corrected chi connectivity index (χ3v) is 6.01. The fraction of sp³-hybridized carbons (Fsp3) is 0.200. The highest BCUT2D eigenvalue weighted by Gasteiger charge is 2.43. The normalized spacial score (nSPS) is 17.5. The van der Waals surface area contributed by atoms with Crippen LogP contribution in [0.3, 0.4) is 0 Å². The van der Waals surface area contributed by atoms with Gasteiger partial charge in [-0.15, -0.1) is 20.1 Å². The number of carbonyl (C=O) groups is 4. The molecule has 0 atom stereocenters. The van der Waals surface area contributed by atoms with Crippen molar-refractivity contribution in [3.05, 3.63) is 45.5 Å². The zero-order valence-electron chi connectivity index (χ0n) is 16.5. The number of alkyl halides is 2. The zero-order valence-corrected chi connectivity index (χ0v) is 18.2. The van der Waals surface area contributed by atoms with Gasteiger partial charge in [-0.05, 0) is 41.4 Å². The molecular formula is C20H14F2N2O7S2. The van der Waals surface area contributed by atoms with Crippen LogP contribution in [0, 0.1) is 0 Å². The first-order valence-corrected chi connectivity index (χ1v) is 11.0. The number of esters is 1. The lowest BCUT2D eigenvalue weighted by Gasteiger charge is -2.12. The molecule has 2 aliphatic rings. The van der Waals surface area contributed by atoms with Crippen molar-refractivity contribution in [2.45, 2.75) is 12.7 Å². The van der Waals surface area contributed by atoms with Crippen molar-refractivity contribution in [2.75, 3.05) is 18.5 Å². The highest BCUT2D eigenvalue weighted by Crippen LogP contribution is 2.42. The number of nitrogens with zero attached hydrogens (tertiary/aromatic N) is 1. The van der Waals surface area contributed by atoms with E-state index in [2.05, 4.69) is 14.8 Å². The SMILES string of the molecule is O=C(COC(=O)CCN1C(=O)S/C(=C\c2cccs2)C1=O)Nc1ccc2c(c1)OC(F)(F)O2. The Morgan fingerprint density at radius 2 is 1.97 bits per heavy atom. The second-order valence-corrected chi connectivity index (χ2v) is 8.61. The predicted octanol–water partition coefficient (Wildman–Crippen LogP) is 3.68. The van der Waals surface area contributed by atoms with E-state index in [1.165, 1.54) is 23.5 Å². The van der Waals surface area contributed by atoms with Crippen molar-refractivity contribution < 1.29 is 42.2 Å². The number of rotatable bonds is 7. The van der Waals surface area contributed by atoms with Gasteiger partial charge in [-0.25, -0.2) is 0 Å². The number of hydrogen-bond acceptors (Lipinski definition) is 9. The van der Waals surface area contributed by atoms with Crippen LogP contribution in [-0.2, 0) is 19.1 Å². The first-order chi connectivity index (χ1) is 15.7. The summed E-state index contributed by atoms with van der Waals surface area (Å²) in [6.07, 6.45) is -2.47. The summed E-state index contributed by atoms with van der Waals surface area (Å²) in [5.74, 6) is -2.45. The van der Waals surface area contributed by atoms with Crippen LogP contribution in [0.5, 0.6) is 11.5 Å². The van der Waals surface area contributed by atoms with Crippen molar-refractivity contribution >= 4 is 57.9 Å². The number of fused-ring (bicyclic) bond motifs is 1. The number of thioether (sulfide) groups is 1. The van der Waals surface area contributed by atoms with Crippen molar-refractivity contribution in [3.63, 3.8) is 0 Å². The van der Waals surface area contributed by atoms with Crippen molar-refractivity contribution in [2.24, 2.45) is 0 Å². The van der Waals surface area contributed by atoms with Crippen LogP contribution in [0.1, 0.15) is 11.3 Å². The van der Waals surface area contributed by atoms with Gasteiger partial charge in [-0.3, -0.25) is 24.1 Å². The molecule has 172 valence electrons.